The van der Waals surface area contributed by atoms with Crippen LogP contribution in [0.1, 0.15) is 18.2 Å². The minimum Gasteiger partial charge on any atom is -0.487 e. The second kappa shape index (κ2) is 6.00. The Morgan fingerprint density at radius 1 is 1.28 bits per heavy atom. The van der Waals surface area contributed by atoms with Crippen molar-refractivity contribution in [3.8, 4) is 5.75 Å². The van der Waals surface area contributed by atoms with E-state index in [1.165, 1.54) is 5.56 Å². The van der Waals surface area contributed by atoms with Crippen LogP contribution < -0.4 is 10.1 Å². The molecule has 94 valence electrons. The molecule has 0 aliphatic carbocycles. The molecule has 1 heterocycles. The van der Waals surface area contributed by atoms with Gasteiger partial charge >= 0.3 is 0 Å². The molecule has 2 aromatic rings. The summed E-state index contributed by atoms with van der Waals surface area (Å²) in [5.41, 5.74) is 2.05. The molecule has 0 aliphatic rings. The van der Waals surface area contributed by atoms with E-state index >= 15 is 0 Å². The fourth-order valence-corrected chi connectivity index (χ4v) is 1.58. The van der Waals surface area contributed by atoms with Gasteiger partial charge in [0.05, 0.1) is 5.69 Å². The standard InChI is InChI=1S/C14H17N3O/c1-3-15-14-16-8-7-12(17-14)10-18-13-6-4-5-11(2)9-13/h4-9H,3,10H2,1-2H3,(H,15,16,17). The van der Waals surface area contributed by atoms with E-state index in [-0.39, 0.29) is 0 Å². The molecule has 0 fully saturated rings. The van der Waals surface area contributed by atoms with Crippen LogP contribution in [0.25, 0.3) is 0 Å². The largest absolute Gasteiger partial charge is 0.487 e. The van der Waals surface area contributed by atoms with Crippen molar-refractivity contribution in [2.24, 2.45) is 0 Å². The van der Waals surface area contributed by atoms with Crippen molar-refractivity contribution >= 4 is 5.95 Å². The highest BCUT2D eigenvalue weighted by molar-refractivity contribution is 5.28. The van der Waals surface area contributed by atoms with E-state index in [1.807, 2.05) is 44.2 Å². The van der Waals surface area contributed by atoms with Crippen LogP contribution in [0, 0.1) is 6.92 Å². The Labute approximate surface area is 107 Å². The van der Waals surface area contributed by atoms with Gasteiger partial charge in [0.2, 0.25) is 5.95 Å². The highest BCUT2D eigenvalue weighted by Gasteiger charge is 2.00. The lowest BCUT2D eigenvalue weighted by atomic mass is 10.2. The Hall–Kier alpha value is -2.10. The van der Waals surface area contributed by atoms with Crippen LogP contribution in [0.5, 0.6) is 5.75 Å². The van der Waals surface area contributed by atoms with Crippen LogP contribution in [-0.4, -0.2) is 16.5 Å². The molecule has 0 aliphatic heterocycles. The zero-order chi connectivity index (χ0) is 12.8. The third-order valence-corrected chi connectivity index (χ3v) is 2.42. The Balaban J connectivity index is 1.99. The van der Waals surface area contributed by atoms with Crippen molar-refractivity contribution in [1.82, 2.24) is 9.97 Å². The minimum absolute atomic E-state index is 0.449. The number of rotatable bonds is 5. The van der Waals surface area contributed by atoms with E-state index in [2.05, 4.69) is 15.3 Å². The van der Waals surface area contributed by atoms with Crippen LogP contribution in [-0.2, 0) is 6.61 Å². The lowest BCUT2D eigenvalue weighted by Gasteiger charge is -2.07. The van der Waals surface area contributed by atoms with Gasteiger partial charge in [-0.1, -0.05) is 12.1 Å². The lowest BCUT2D eigenvalue weighted by molar-refractivity contribution is 0.301. The summed E-state index contributed by atoms with van der Waals surface area (Å²) in [5, 5.41) is 3.08. The molecule has 1 aromatic carbocycles. The second-order valence-corrected chi connectivity index (χ2v) is 4.01. The van der Waals surface area contributed by atoms with Crippen molar-refractivity contribution in [3.63, 3.8) is 0 Å². The molecule has 0 radical (unpaired) electrons. The monoisotopic (exact) mass is 243 g/mol. The summed E-state index contributed by atoms with van der Waals surface area (Å²) in [4.78, 5) is 8.47. The summed E-state index contributed by atoms with van der Waals surface area (Å²) < 4.78 is 5.69. The number of hydrogen-bond acceptors (Lipinski definition) is 4. The average Bonchev–Trinajstić information content (AvgIpc) is 2.37. The van der Waals surface area contributed by atoms with Crippen LogP contribution >= 0.6 is 0 Å². The highest BCUT2D eigenvalue weighted by Crippen LogP contribution is 2.14. The maximum absolute atomic E-state index is 5.69. The van der Waals surface area contributed by atoms with E-state index in [1.54, 1.807) is 6.20 Å². The topological polar surface area (TPSA) is 47.0 Å². The molecular weight excluding hydrogens is 226 g/mol. The van der Waals surface area contributed by atoms with Gasteiger partial charge in [0, 0.05) is 12.7 Å². The highest BCUT2D eigenvalue weighted by atomic mass is 16.5. The zero-order valence-electron chi connectivity index (χ0n) is 10.7. The number of aryl methyl sites for hydroxylation is 1. The summed E-state index contributed by atoms with van der Waals surface area (Å²) in [6.45, 7) is 5.31. The molecule has 1 N–H and O–H groups in total. The van der Waals surface area contributed by atoms with Crippen molar-refractivity contribution in [1.29, 1.82) is 0 Å². The molecular formula is C14H17N3O. The molecule has 18 heavy (non-hydrogen) atoms. The summed E-state index contributed by atoms with van der Waals surface area (Å²) >= 11 is 0. The summed E-state index contributed by atoms with van der Waals surface area (Å²) in [7, 11) is 0. The first-order valence-electron chi connectivity index (χ1n) is 6.03. The van der Waals surface area contributed by atoms with Crippen LogP contribution in [0.4, 0.5) is 5.95 Å². The van der Waals surface area contributed by atoms with Gasteiger partial charge in [-0.25, -0.2) is 9.97 Å². The molecule has 0 unspecified atom stereocenters. The number of ether oxygens (including phenoxy) is 1. The molecule has 2 rings (SSSR count). The van der Waals surface area contributed by atoms with Gasteiger partial charge in [-0.15, -0.1) is 0 Å². The third-order valence-electron chi connectivity index (χ3n) is 2.42. The van der Waals surface area contributed by atoms with Gasteiger partial charge in [0.25, 0.3) is 0 Å². The molecule has 0 spiro atoms. The molecule has 0 atom stereocenters. The maximum Gasteiger partial charge on any atom is 0.222 e. The Kier molecular flexibility index (Phi) is 4.12. The minimum atomic E-state index is 0.449. The van der Waals surface area contributed by atoms with Gasteiger partial charge in [-0.2, -0.15) is 0 Å². The molecule has 0 amide bonds. The smallest absolute Gasteiger partial charge is 0.222 e. The number of anilines is 1. The predicted octanol–water partition coefficient (Wildman–Crippen LogP) is 2.80. The van der Waals surface area contributed by atoms with Gasteiger partial charge in [0.15, 0.2) is 0 Å². The summed E-state index contributed by atoms with van der Waals surface area (Å²) in [6.07, 6.45) is 1.74. The molecule has 4 heteroatoms. The van der Waals surface area contributed by atoms with E-state index in [0.717, 1.165) is 18.0 Å². The Bertz CT molecular complexity index is 514. The normalized spacial score (nSPS) is 10.1. The van der Waals surface area contributed by atoms with E-state index in [0.29, 0.717) is 12.6 Å². The molecule has 1 aromatic heterocycles. The summed E-state index contributed by atoms with van der Waals surface area (Å²) in [6, 6.07) is 9.83. The van der Waals surface area contributed by atoms with Crippen LogP contribution in [0.15, 0.2) is 36.5 Å². The van der Waals surface area contributed by atoms with Crippen molar-refractivity contribution < 1.29 is 4.74 Å². The van der Waals surface area contributed by atoms with Crippen molar-refractivity contribution in [2.75, 3.05) is 11.9 Å². The molecule has 0 saturated heterocycles. The van der Waals surface area contributed by atoms with E-state index < -0.39 is 0 Å². The van der Waals surface area contributed by atoms with Gasteiger partial charge < -0.3 is 10.1 Å². The number of nitrogens with one attached hydrogen (secondary N) is 1. The number of benzene rings is 1. The number of nitrogens with zero attached hydrogens (tertiary/aromatic N) is 2. The fourth-order valence-electron chi connectivity index (χ4n) is 1.58. The van der Waals surface area contributed by atoms with Crippen LogP contribution in [0.2, 0.25) is 0 Å². The molecule has 0 saturated carbocycles. The number of aromatic nitrogens is 2. The Morgan fingerprint density at radius 2 is 2.17 bits per heavy atom. The molecule has 0 bridgehead atoms. The van der Waals surface area contributed by atoms with Crippen molar-refractivity contribution in [3.05, 3.63) is 47.8 Å². The number of hydrogen-bond donors (Lipinski definition) is 1. The van der Waals surface area contributed by atoms with E-state index in [4.69, 9.17) is 4.74 Å². The molecule has 4 nitrogen and oxygen atoms in total. The average molecular weight is 243 g/mol. The third kappa shape index (κ3) is 3.45. The fraction of sp³-hybridized carbons (Fsp3) is 0.286. The lowest BCUT2D eigenvalue weighted by Crippen LogP contribution is -2.05. The zero-order valence-corrected chi connectivity index (χ0v) is 10.7. The first kappa shape index (κ1) is 12.4. The van der Waals surface area contributed by atoms with Gasteiger partial charge in [-0.05, 0) is 37.6 Å². The Morgan fingerprint density at radius 3 is 2.94 bits per heavy atom. The van der Waals surface area contributed by atoms with Crippen LogP contribution in [0.3, 0.4) is 0 Å². The van der Waals surface area contributed by atoms with E-state index in [9.17, 15) is 0 Å². The van der Waals surface area contributed by atoms with Gasteiger partial charge in [0.1, 0.15) is 12.4 Å². The van der Waals surface area contributed by atoms with Crippen molar-refractivity contribution in [2.45, 2.75) is 20.5 Å². The summed E-state index contributed by atoms with van der Waals surface area (Å²) in [5.74, 6) is 1.50. The quantitative estimate of drug-likeness (QED) is 0.877. The first-order valence-corrected chi connectivity index (χ1v) is 6.03. The van der Waals surface area contributed by atoms with Gasteiger partial charge in [-0.3, -0.25) is 0 Å². The first-order chi connectivity index (χ1) is 8.78. The predicted molar refractivity (Wildman–Crippen MR) is 71.7 cm³/mol. The maximum atomic E-state index is 5.69. The SMILES string of the molecule is CCNc1nccc(COc2cccc(C)c2)n1. The second-order valence-electron chi connectivity index (χ2n) is 4.01.